The molecule has 4 rings (SSSR count). The van der Waals surface area contributed by atoms with Gasteiger partial charge in [0.25, 0.3) is 5.91 Å². The van der Waals surface area contributed by atoms with Crippen LogP contribution in [0.5, 0.6) is 0 Å². The fourth-order valence-corrected chi connectivity index (χ4v) is 5.55. The predicted octanol–water partition coefficient (Wildman–Crippen LogP) is 6.42. The van der Waals surface area contributed by atoms with E-state index in [2.05, 4.69) is 19.2 Å². The third-order valence-corrected chi connectivity index (χ3v) is 7.23. The van der Waals surface area contributed by atoms with E-state index in [1.165, 1.54) is 17.4 Å². The van der Waals surface area contributed by atoms with Crippen molar-refractivity contribution >= 4 is 52.0 Å². The van der Waals surface area contributed by atoms with E-state index in [4.69, 9.17) is 16.6 Å². The van der Waals surface area contributed by atoms with Crippen LogP contribution in [-0.4, -0.2) is 23.4 Å². The highest BCUT2D eigenvalue weighted by atomic mass is 35.5. The molecule has 1 amide bonds. The summed E-state index contributed by atoms with van der Waals surface area (Å²) in [6.07, 6.45) is 4.99. The van der Waals surface area contributed by atoms with Gasteiger partial charge in [0.2, 0.25) is 0 Å². The summed E-state index contributed by atoms with van der Waals surface area (Å²) in [7, 11) is 0. The molecule has 2 atom stereocenters. The van der Waals surface area contributed by atoms with Crippen LogP contribution in [0.25, 0.3) is 0 Å². The largest absolute Gasteiger partial charge is 0.352 e. The molecule has 0 bridgehead atoms. The van der Waals surface area contributed by atoms with E-state index >= 15 is 0 Å². The SMILES string of the molecule is CC(C)CNC(=O)c1ccc2c(c1)N=C(c1ccc(Cl)s1)C1C=CC(F)=CC1S2. The van der Waals surface area contributed by atoms with E-state index in [0.717, 1.165) is 21.2 Å². The Balaban J connectivity index is 1.76. The molecule has 0 saturated heterocycles. The van der Waals surface area contributed by atoms with Crippen molar-refractivity contribution in [3.63, 3.8) is 0 Å². The maximum atomic E-state index is 14.0. The zero-order chi connectivity index (χ0) is 20.5. The molecule has 2 unspecified atom stereocenters. The molecule has 3 nitrogen and oxygen atoms in total. The van der Waals surface area contributed by atoms with Gasteiger partial charge in [0, 0.05) is 28.2 Å². The van der Waals surface area contributed by atoms with Crippen LogP contribution in [0.1, 0.15) is 29.1 Å². The van der Waals surface area contributed by atoms with Gasteiger partial charge in [-0.1, -0.05) is 31.5 Å². The van der Waals surface area contributed by atoms with Crippen molar-refractivity contribution in [3.05, 3.63) is 69.2 Å². The van der Waals surface area contributed by atoms with E-state index in [1.807, 2.05) is 30.3 Å². The summed E-state index contributed by atoms with van der Waals surface area (Å²) in [5.41, 5.74) is 2.14. The number of benzene rings is 1. The standard InChI is InChI=1S/C22H20ClFN2OS2/c1-12(2)11-25-22(27)13-3-6-17-16(9-13)26-21(18-7-8-20(23)29-18)15-5-4-14(24)10-19(15)28-17/h3-10,12,15,19H,11H2,1-2H3,(H,25,27). The maximum Gasteiger partial charge on any atom is 0.251 e. The number of allylic oxidation sites excluding steroid dienone is 3. The highest BCUT2D eigenvalue weighted by molar-refractivity contribution is 8.00. The zero-order valence-electron chi connectivity index (χ0n) is 16.0. The lowest BCUT2D eigenvalue weighted by molar-refractivity contribution is 0.0949. The number of halogens is 2. The Morgan fingerprint density at radius 1 is 1.31 bits per heavy atom. The number of thiophene rings is 1. The molecule has 2 aromatic rings. The Bertz CT molecular complexity index is 1040. The lowest BCUT2D eigenvalue weighted by Crippen LogP contribution is -2.27. The Labute approximate surface area is 182 Å². The molecule has 0 saturated carbocycles. The molecular weight excluding hydrogens is 427 g/mol. The molecule has 1 aliphatic carbocycles. The average Bonchev–Trinajstić information content (AvgIpc) is 3.04. The highest BCUT2D eigenvalue weighted by Crippen LogP contribution is 2.44. The summed E-state index contributed by atoms with van der Waals surface area (Å²) < 4.78 is 14.6. The molecule has 1 N–H and O–H groups in total. The van der Waals surface area contributed by atoms with Crippen molar-refractivity contribution in [1.82, 2.24) is 5.32 Å². The van der Waals surface area contributed by atoms with E-state index in [0.29, 0.717) is 22.4 Å². The molecular formula is C22H20ClFN2OS2. The summed E-state index contributed by atoms with van der Waals surface area (Å²) in [6, 6.07) is 9.31. The normalized spacial score (nSPS) is 20.4. The molecule has 2 heterocycles. The minimum absolute atomic E-state index is 0.0696. The van der Waals surface area contributed by atoms with Gasteiger partial charge in [0.15, 0.2) is 0 Å². The van der Waals surface area contributed by atoms with Crippen molar-refractivity contribution in [1.29, 1.82) is 0 Å². The first-order valence-corrected chi connectivity index (χ1v) is 11.5. The van der Waals surface area contributed by atoms with Gasteiger partial charge in [0.1, 0.15) is 5.83 Å². The van der Waals surface area contributed by atoms with Crippen molar-refractivity contribution in [2.24, 2.45) is 16.8 Å². The molecule has 1 aliphatic heterocycles. The van der Waals surface area contributed by atoms with Crippen LogP contribution in [0.2, 0.25) is 4.34 Å². The second-order valence-electron chi connectivity index (χ2n) is 7.41. The van der Waals surface area contributed by atoms with Crippen molar-refractivity contribution in [3.8, 4) is 0 Å². The second kappa shape index (κ2) is 8.46. The van der Waals surface area contributed by atoms with Crippen molar-refractivity contribution in [2.45, 2.75) is 24.0 Å². The fourth-order valence-electron chi connectivity index (χ4n) is 3.24. The summed E-state index contributed by atoms with van der Waals surface area (Å²) >= 11 is 9.18. The molecule has 29 heavy (non-hydrogen) atoms. The van der Waals surface area contributed by atoms with Gasteiger partial charge in [-0.15, -0.1) is 23.1 Å². The van der Waals surface area contributed by atoms with E-state index in [9.17, 15) is 9.18 Å². The fraction of sp³-hybridized carbons (Fsp3) is 0.273. The van der Waals surface area contributed by atoms with Gasteiger partial charge in [0.05, 0.1) is 20.6 Å². The lowest BCUT2D eigenvalue weighted by Gasteiger charge is -2.23. The molecule has 2 aliphatic rings. The minimum Gasteiger partial charge on any atom is -0.352 e. The topological polar surface area (TPSA) is 41.5 Å². The minimum atomic E-state index is -0.240. The Kier molecular flexibility index (Phi) is 5.95. The molecule has 0 radical (unpaired) electrons. The number of fused-ring (bicyclic) bond motifs is 2. The van der Waals surface area contributed by atoms with Crippen LogP contribution in [0.4, 0.5) is 10.1 Å². The van der Waals surface area contributed by atoms with Crippen molar-refractivity contribution < 1.29 is 9.18 Å². The molecule has 1 aromatic heterocycles. The van der Waals surface area contributed by atoms with Gasteiger partial charge in [-0.25, -0.2) is 4.39 Å². The molecule has 0 spiro atoms. The Morgan fingerprint density at radius 3 is 2.86 bits per heavy atom. The number of carbonyl (C=O) groups excluding carboxylic acids is 1. The number of hydrogen-bond acceptors (Lipinski definition) is 4. The van der Waals surface area contributed by atoms with Crippen LogP contribution in [0, 0.1) is 11.8 Å². The van der Waals surface area contributed by atoms with Gasteiger partial charge >= 0.3 is 0 Å². The number of thioether (sulfide) groups is 1. The van der Waals surface area contributed by atoms with Gasteiger partial charge in [-0.05, 0) is 48.4 Å². The number of hydrogen-bond donors (Lipinski definition) is 1. The summed E-state index contributed by atoms with van der Waals surface area (Å²) in [4.78, 5) is 19.3. The first-order valence-electron chi connectivity index (χ1n) is 9.39. The number of nitrogens with one attached hydrogen (secondary N) is 1. The third-order valence-electron chi connectivity index (χ3n) is 4.68. The van der Waals surface area contributed by atoms with Gasteiger partial charge < -0.3 is 5.32 Å². The van der Waals surface area contributed by atoms with Crippen LogP contribution in [0.15, 0.2) is 64.3 Å². The number of rotatable bonds is 4. The van der Waals surface area contributed by atoms with Crippen LogP contribution in [-0.2, 0) is 0 Å². The number of aliphatic imine (C=N–C) groups is 1. The van der Waals surface area contributed by atoms with E-state index < -0.39 is 0 Å². The number of amides is 1. The van der Waals surface area contributed by atoms with Crippen LogP contribution >= 0.6 is 34.7 Å². The Hall–Kier alpha value is -1.89. The van der Waals surface area contributed by atoms with Crippen LogP contribution < -0.4 is 5.32 Å². The molecule has 7 heteroatoms. The highest BCUT2D eigenvalue weighted by Gasteiger charge is 2.32. The number of carbonyl (C=O) groups is 1. The first kappa shape index (κ1) is 20.4. The van der Waals surface area contributed by atoms with Gasteiger partial charge in [-0.2, -0.15) is 0 Å². The second-order valence-corrected chi connectivity index (χ2v) is 10.3. The molecule has 0 fully saturated rings. The molecule has 150 valence electrons. The third kappa shape index (κ3) is 4.49. The number of nitrogens with zero attached hydrogens (tertiary/aromatic N) is 1. The van der Waals surface area contributed by atoms with Crippen molar-refractivity contribution in [2.75, 3.05) is 6.54 Å². The predicted molar refractivity (Wildman–Crippen MR) is 121 cm³/mol. The van der Waals surface area contributed by atoms with E-state index in [-0.39, 0.29) is 22.9 Å². The lowest BCUT2D eigenvalue weighted by atomic mass is 9.93. The summed E-state index contributed by atoms with van der Waals surface area (Å²) in [6.45, 7) is 4.73. The molecule has 1 aromatic carbocycles. The smallest absolute Gasteiger partial charge is 0.251 e. The summed E-state index contributed by atoms with van der Waals surface area (Å²) in [5, 5.41) is 2.83. The monoisotopic (exact) mass is 446 g/mol. The zero-order valence-corrected chi connectivity index (χ0v) is 18.4. The Morgan fingerprint density at radius 2 is 2.14 bits per heavy atom. The average molecular weight is 447 g/mol. The maximum absolute atomic E-state index is 14.0. The van der Waals surface area contributed by atoms with Crippen LogP contribution in [0.3, 0.4) is 0 Å². The van der Waals surface area contributed by atoms with E-state index in [1.54, 1.807) is 23.9 Å². The quantitative estimate of drug-likeness (QED) is 0.588. The summed E-state index contributed by atoms with van der Waals surface area (Å²) in [5.74, 6) is -0.0506. The van der Waals surface area contributed by atoms with Gasteiger partial charge in [-0.3, -0.25) is 9.79 Å². The first-order chi connectivity index (χ1) is 13.9.